The first kappa shape index (κ1) is 9.65. The molecule has 1 heterocycles. The lowest BCUT2D eigenvalue weighted by molar-refractivity contribution is -0.117. The molecule has 3 nitrogen and oxygen atoms in total. The smallest absolute Gasteiger partial charge is 0.251 e. The number of fused-ring (bicyclic) bond motifs is 1. The molecule has 0 fully saturated rings. The SMILES string of the molecule is CC(=O)Cn1c(=O)ccc2ccccc21. The number of pyridine rings is 1. The van der Waals surface area contributed by atoms with E-state index in [2.05, 4.69) is 0 Å². The molecule has 0 aliphatic carbocycles. The Morgan fingerprint density at radius 2 is 1.93 bits per heavy atom. The average Bonchev–Trinajstić information content (AvgIpc) is 2.22. The van der Waals surface area contributed by atoms with Gasteiger partial charge in [0.1, 0.15) is 5.78 Å². The van der Waals surface area contributed by atoms with E-state index in [1.165, 1.54) is 17.6 Å². The molecular formula is C12H11NO2. The number of rotatable bonds is 2. The van der Waals surface area contributed by atoms with Crippen LogP contribution in [0.5, 0.6) is 0 Å². The Balaban J connectivity index is 2.74. The van der Waals surface area contributed by atoms with Gasteiger partial charge in [-0.3, -0.25) is 9.59 Å². The molecule has 15 heavy (non-hydrogen) atoms. The van der Waals surface area contributed by atoms with Crippen molar-refractivity contribution < 1.29 is 4.79 Å². The van der Waals surface area contributed by atoms with Crippen molar-refractivity contribution in [3.8, 4) is 0 Å². The van der Waals surface area contributed by atoms with Crippen molar-refractivity contribution in [2.45, 2.75) is 13.5 Å². The monoisotopic (exact) mass is 201 g/mol. The van der Waals surface area contributed by atoms with Crippen molar-refractivity contribution in [1.29, 1.82) is 0 Å². The van der Waals surface area contributed by atoms with E-state index >= 15 is 0 Å². The van der Waals surface area contributed by atoms with Crippen LogP contribution in [0.15, 0.2) is 41.2 Å². The minimum absolute atomic E-state index is 0.0200. The summed E-state index contributed by atoms with van der Waals surface area (Å²) in [5, 5.41) is 0.971. The van der Waals surface area contributed by atoms with Crippen LogP contribution in [0.4, 0.5) is 0 Å². The van der Waals surface area contributed by atoms with Crippen LogP contribution in [-0.2, 0) is 11.3 Å². The zero-order valence-corrected chi connectivity index (χ0v) is 8.43. The summed E-state index contributed by atoms with van der Waals surface area (Å²) in [4.78, 5) is 22.6. The zero-order chi connectivity index (χ0) is 10.8. The summed E-state index contributed by atoms with van der Waals surface area (Å²) in [6.07, 6.45) is 0. The normalized spacial score (nSPS) is 10.5. The number of hydrogen-bond acceptors (Lipinski definition) is 2. The molecule has 0 saturated heterocycles. The van der Waals surface area contributed by atoms with Gasteiger partial charge in [-0.05, 0) is 24.4 Å². The van der Waals surface area contributed by atoms with Crippen LogP contribution in [0.3, 0.4) is 0 Å². The number of benzene rings is 1. The Kier molecular flexibility index (Phi) is 2.37. The molecule has 0 atom stereocenters. The number of nitrogens with zero attached hydrogens (tertiary/aromatic N) is 1. The molecule has 0 bridgehead atoms. The number of Topliss-reactive ketones (excluding diaryl/α,β-unsaturated/α-hetero) is 1. The maximum Gasteiger partial charge on any atom is 0.251 e. The van der Waals surface area contributed by atoms with Crippen molar-refractivity contribution in [3.05, 3.63) is 46.8 Å². The third-order valence-corrected chi connectivity index (χ3v) is 2.28. The highest BCUT2D eigenvalue weighted by Gasteiger charge is 2.03. The van der Waals surface area contributed by atoms with Crippen molar-refractivity contribution in [1.82, 2.24) is 4.57 Å². The van der Waals surface area contributed by atoms with E-state index in [-0.39, 0.29) is 17.9 Å². The van der Waals surface area contributed by atoms with Gasteiger partial charge in [-0.25, -0.2) is 0 Å². The minimum Gasteiger partial charge on any atom is -0.301 e. The molecule has 0 radical (unpaired) electrons. The van der Waals surface area contributed by atoms with Crippen molar-refractivity contribution in [3.63, 3.8) is 0 Å². The average molecular weight is 201 g/mol. The van der Waals surface area contributed by atoms with E-state index < -0.39 is 0 Å². The third-order valence-electron chi connectivity index (χ3n) is 2.28. The highest BCUT2D eigenvalue weighted by atomic mass is 16.1. The highest BCUT2D eigenvalue weighted by molar-refractivity contribution is 5.82. The number of aromatic nitrogens is 1. The van der Waals surface area contributed by atoms with Gasteiger partial charge < -0.3 is 4.57 Å². The van der Waals surface area contributed by atoms with E-state index in [4.69, 9.17) is 0 Å². The van der Waals surface area contributed by atoms with Crippen LogP contribution in [-0.4, -0.2) is 10.4 Å². The molecular weight excluding hydrogens is 190 g/mol. The van der Waals surface area contributed by atoms with E-state index in [1.54, 1.807) is 6.07 Å². The van der Waals surface area contributed by atoms with Crippen LogP contribution in [0.25, 0.3) is 10.9 Å². The Hall–Kier alpha value is -1.90. The lowest BCUT2D eigenvalue weighted by Crippen LogP contribution is -2.22. The molecule has 0 amide bonds. The molecule has 76 valence electrons. The van der Waals surface area contributed by atoms with Gasteiger partial charge >= 0.3 is 0 Å². The van der Waals surface area contributed by atoms with Crippen molar-refractivity contribution in [2.75, 3.05) is 0 Å². The third kappa shape index (κ3) is 1.81. The second-order valence-corrected chi connectivity index (χ2v) is 3.52. The molecule has 0 N–H and O–H groups in total. The van der Waals surface area contributed by atoms with Gasteiger partial charge in [-0.15, -0.1) is 0 Å². The Morgan fingerprint density at radius 3 is 2.67 bits per heavy atom. The van der Waals surface area contributed by atoms with E-state index in [0.717, 1.165) is 10.9 Å². The molecule has 2 rings (SSSR count). The Labute approximate surface area is 87.0 Å². The first-order valence-electron chi connectivity index (χ1n) is 4.76. The van der Waals surface area contributed by atoms with Crippen LogP contribution < -0.4 is 5.56 Å². The molecule has 3 heteroatoms. The summed E-state index contributed by atoms with van der Waals surface area (Å²) in [5.41, 5.74) is 0.670. The maximum absolute atomic E-state index is 11.6. The fraction of sp³-hybridized carbons (Fsp3) is 0.167. The van der Waals surface area contributed by atoms with Crippen molar-refractivity contribution >= 4 is 16.7 Å². The predicted octanol–water partition coefficient (Wildman–Crippen LogP) is 1.59. The number of ketones is 1. The summed E-state index contributed by atoms with van der Waals surface area (Å²) in [6, 6.07) is 10.8. The predicted molar refractivity (Wildman–Crippen MR) is 58.9 cm³/mol. The second kappa shape index (κ2) is 3.69. The molecule has 2 aromatic rings. The van der Waals surface area contributed by atoms with Crippen LogP contribution in [0.2, 0.25) is 0 Å². The van der Waals surface area contributed by atoms with Gasteiger partial charge in [0.25, 0.3) is 5.56 Å². The fourth-order valence-electron chi connectivity index (χ4n) is 1.63. The van der Waals surface area contributed by atoms with Crippen LogP contribution in [0.1, 0.15) is 6.92 Å². The number of para-hydroxylation sites is 1. The van der Waals surface area contributed by atoms with E-state index in [0.29, 0.717) is 0 Å². The topological polar surface area (TPSA) is 39.1 Å². The first-order valence-corrected chi connectivity index (χ1v) is 4.76. The summed E-state index contributed by atoms with van der Waals surface area (Å²) in [5.74, 6) is -0.0200. The summed E-state index contributed by atoms with van der Waals surface area (Å²) >= 11 is 0. The van der Waals surface area contributed by atoms with Crippen molar-refractivity contribution in [2.24, 2.45) is 0 Å². The standard InChI is InChI=1S/C12H11NO2/c1-9(14)8-13-11-5-3-2-4-10(11)6-7-12(13)15/h2-7H,8H2,1H3. The Morgan fingerprint density at radius 1 is 1.20 bits per heavy atom. The second-order valence-electron chi connectivity index (χ2n) is 3.52. The Bertz CT molecular complexity index is 569. The van der Waals surface area contributed by atoms with Gasteiger partial charge in [0.05, 0.1) is 12.1 Å². The quantitative estimate of drug-likeness (QED) is 0.740. The minimum atomic E-state index is -0.135. The zero-order valence-electron chi connectivity index (χ0n) is 8.43. The highest BCUT2D eigenvalue weighted by Crippen LogP contribution is 2.10. The number of hydrogen-bond donors (Lipinski definition) is 0. The molecule has 0 aliphatic rings. The molecule has 1 aromatic heterocycles. The van der Waals surface area contributed by atoms with Gasteiger partial charge in [0, 0.05) is 6.07 Å². The van der Waals surface area contributed by atoms with E-state index in [9.17, 15) is 9.59 Å². The summed E-state index contributed by atoms with van der Waals surface area (Å²) < 4.78 is 1.50. The largest absolute Gasteiger partial charge is 0.301 e. The van der Waals surface area contributed by atoms with E-state index in [1.807, 2.05) is 24.3 Å². The lowest BCUT2D eigenvalue weighted by atomic mass is 10.2. The molecule has 1 aromatic carbocycles. The molecule has 0 aliphatic heterocycles. The lowest BCUT2D eigenvalue weighted by Gasteiger charge is -2.07. The molecule has 0 spiro atoms. The van der Waals surface area contributed by atoms with Crippen LogP contribution >= 0.6 is 0 Å². The van der Waals surface area contributed by atoms with Gasteiger partial charge in [0.2, 0.25) is 0 Å². The first-order chi connectivity index (χ1) is 7.18. The van der Waals surface area contributed by atoms with Gasteiger partial charge in [0.15, 0.2) is 0 Å². The van der Waals surface area contributed by atoms with Gasteiger partial charge in [-0.2, -0.15) is 0 Å². The molecule has 0 unspecified atom stereocenters. The summed E-state index contributed by atoms with van der Waals surface area (Å²) in [7, 11) is 0. The number of carbonyl (C=O) groups excluding carboxylic acids is 1. The van der Waals surface area contributed by atoms with Gasteiger partial charge in [-0.1, -0.05) is 18.2 Å². The fourth-order valence-corrected chi connectivity index (χ4v) is 1.63. The van der Waals surface area contributed by atoms with Crippen LogP contribution in [0, 0.1) is 0 Å². The summed E-state index contributed by atoms with van der Waals surface area (Å²) in [6.45, 7) is 1.62. The number of carbonyl (C=O) groups is 1. The molecule has 0 saturated carbocycles. The maximum atomic E-state index is 11.6.